The van der Waals surface area contributed by atoms with Gasteiger partial charge in [-0.3, -0.25) is 4.98 Å². The Kier molecular flexibility index (Phi) is 4.95. The highest BCUT2D eigenvalue weighted by molar-refractivity contribution is 6.30. The van der Waals surface area contributed by atoms with Gasteiger partial charge in [0.15, 0.2) is 0 Å². The Morgan fingerprint density at radius 2 is 1.86 bits per heavy atom. The predicted octanol–water partition coefficient (Wildman–Crippen LogP) is 4.52. The summed E-state index contributed by atoms with van der Waals surface area (Å²) in [5.74, 6) is 1.46. The quantitative estimate of drug-likeness (QED) is 0.537. The Hall–Kier alpha value is -3.38. The van der Waals surface area contributed by atoms with E-state index in [0.717, 1.165) is 16.7 Å². The smallest absolute Gasteiger partial charge is 0.138 e. The highest BCUT2D eigenvalue weighted by Gasteiger charge is 2.20. The average Bonchev–Trinajstić information content (AvgIpc) is 2.72. The second kappa shape index (κ2) is 7.70. The zero-order chi connectivity index (χ0) is 19.5. The molecule has 2 N–H and O–H groups in total. The molecular weight excluding hydrogens is 376 g/mol. The maximum atomic E-state index is 6.18. The number of anilines is 1. The minimum Gasteiger partial charge on any atom is -0.496 e. The molecular formula is C21H17ClN4O2. The summed E-state index contributed by atoms with van der Waals surface area (Å²) in [6, 6.07) is 13.5. The Labute approximate surface area is 166 Å². The van der Waals surface area contributed by atoms with Gasteiger partial charge in [0.25, 0.3) is 0 Å². The van der Waals surface area contributed by atoms with E-state index in [0.29, 0.717) is 39.8 Å². The number of nitrogens with two attached hydrogens (primary N) is 1. The van der Waals surface area contributed by atoms with Crippen LogP contribution in [0.5, 0.6) is 11.5 Å². The van der Waals surface area contributed by atoms with Gasteiger partial charge in [-0.15, -0.1) is 0 Å². The molecule has 0 spiro atoms. The largest absolute Gasteiger partial charge is 0.496 e. The van der Waals surface area contributed by atoms with Crippen molar-refractivity contribution in [3.8, 4) is 22.6 Å². The first kappa shape index (κ1) is 18.0. The summed E-state index contributed by atoms with van der Waals surface area (Å²) >= 11 is 6.18. The third-order valence-electron chi connectivity index (χ3n) is 4.32. The van der Waals surface area contributed by atoms with Crippen molar-refractivity contribution < 1.29 is 9.47 Å². The lowest BCUT2D eigenvalue weighted by Gasteiger charge is -2.17. The van der Waals surface area contributed by atoms with Crippen molar-refractivity contribution in [1.82, 2.24) is 15.0 Å². The first-order valence-corrected chi connectivity index (χ1v) is 8.94. The molecule has 140 valence electrons. The molecule has 0 radical (unpaired) electrons. The van der Waals surface area contributed by atoms with Gasteiger partial charge in [-0.05, 0) is 11.6 Å². The van der Waals surface area contributed by atoms with Crippen LogP contribution in [0, 0.1) is 0 Å². The van der Waals surface area contributed by atoms with E-state index in [2.05, 4.69) is 15.0 Å². The Balaban J connectivity index is 1.93. The van der Waals surface area contributed by atoms with Gasteiger partial charge in [-0.1, -0.05) is 41.9 Å². The summed E-state index contributed by atoms with van der Waals surface area (Å²) in [5.41, 5.74) is 9.26. The number of fused-ring (bicyclic) bond motifs is 1. The van der Waals surface area contributed by atoms with Crippen molar-refractivity contribution >= 4 is 28.3 Å². The third kappa shape index (κ3) is 3.42. The number of hydrogen-bond donors (Lipinski definition) is 1. The Morgan fingerprint density at radius 1 is 1.04 bits per heavy atom. The fraction of sp³-hybridized carbons (Fsp3) is 0.0952. The van der Waals surface area contributed by atoms with E-state index in [1.807, 2.05) is 36.4 Å². The van der Waals surface area contributed by atoms with Gasteiger partial charge in [0.1, 0.15) is 30.3 Å². The van der Waals surface area contributed by atoms with Crippen molar-refractivity contribution in [3.63, 3.8) is 0 Å². The summed E-state index contributed by atoms with van der Waals surface area (Å²) in [6.45, 7) is 0.386. The minimum atomic E-state index is 0.327. The van der Waals surface area contributed by atoms with Gasteiger partial charge in [-0.2, -0.15) is 0 Å². The van der Waals surface area contributed by atoms with Crippen LogP contribution in [0.2, 0.25) is 5.02 Å². The van der Waals surface area contributed by atoms with Crippen LogP contribution in [-0.4, -0.2) is 22.1 Å². The van der Waals surface area contributed by atoms with Crippen molar-refractivity contribution in [2.24, 2.45) is 0 Å². The summed E-state index contributed by atoms with van der Waals surface area (Å²) in [7, 11) is 1.57. The van der Waals surface area contributed by atoms with Crippen LogP contribution in [0.1, 0.15) is 5.56 Å². The zero-order valence-electron chi connectivity index (χ0n) is 15.1. The molecule has 0 fully saturated rings. The SMILES string of the molecule is COc1cc(OCc2ccccc2)c(-c2cncc(Cl)c2)c2ncnc(N)c12. The number of hydrogen-bond acceptors (Lipinski definition) is 6. The van der Waals surface area contributed by atoms with Crippen LogP contribution in [0.3, 0.4) is 0 Å². The summed E-state index contributed by atoms with van der Waals surface area (Å²) in [4.78, 5) is 12.7. The number of nitrogen functional groups attached to an aromatic ring is 1. The Bertz CT molecular complexity index is 1140. The number of rotatable bonds is 5. The normalized spacial score (nSPS) is 10.8. The molecule has 0 aliphatic heterocycles. The minimum absolute atomic E-state index is 0.327. The molecule has 7 heteroatoms. The first-order chi connectivity index (χ1) is 13.7. The van der Waals surface area contributed by atoms with Gasteiger partial charge < -0.3 is 15.2 Å². The molecule has 4 rings (SSSR count). The number of halogens is 1. The van der Waals surface area contributed by atoms with Crippen molar-refractivity contribution in [3.05, 3.63) is 71.8 Å². The number of methoxy groups -OCH3 is 1. The molecule has 0 atom stereocenters. The van der Waals surface area contributed by atoms with E-state index in [4.69, 9.17) is 26.8 Å². The zero-order valence-corrected chi connectivity index (χ0v) is 15.8. The van der Waals surface area contributed by atoms with Crippen molar-refractivity contribution in [2.45, 2.75) is 6.61 Å². The maximum Gasteiger partial charge on any atom is 0.138 e. The fourth-order valence-electron chi connectivity index (χ4n) is 3.05. The van der Waals surface area contributed by atoms with Crippen molar-refractivity contribution in [2.75, 3.05) is 12.8 Å². The van der Waals surface area contributed by atoms with Gasteiger partial charge in [0.05, 0.1) is 28.6 Å². The molecule has 6 nitrogen and oxygen atoms in total. The molecule has 0 saturated heterocycles. The third-order valence-corrected chi connectivity index (χ3v) is 4.53. The van der Waals surface area contributed by atoms with Gasteiger partial charge >= 0.3 is 0 Å². The van der Waals surface area contributed by atoms with E-state index >= 15 is 0 Å². The van der Waals surface area contributed by atoms with Gasteiger partial charge in [0.2, 0.25) is 0 Å². The lowest BCUT2D eigenvalue weighted by molar-refractivity contribution is 0.305. The van der Waals surface area contributed by atoms with Crippen LogP contribution in [-0.2, 0) is 6.61 Å². The topological polar surface area (TPSA) is 83.2 Å². The molecule has 0 aliphatic rings. The summed E-state index contributed by atoms with van der Waals surface area (Å²) in [5, 5.41) is 1.13. The number of benzene rings is 2. The number of ether oxygens (including phenoxy) is 2. The number of nitrogens with zero attached hydrogens (tertiary/aromatic N) is 3. The van der Waals surface area contributed by atoms with Crippen LogP contribution in [0.4, 0.5) is 5.82 Å². The van der Waals surface area contributed by atoms with E-state index in [1.54, 1.807) is 25.6 Å². The van der Waals surface area contributed by atoms with Crippen LogP contribution >= 0.6 is 11.6 Å². The summed E-state index contributed by atoms with van der Waals surface area (Å²) in [6.07, 6.45) is 4.70. The number of pyridine rings is 1. The van der Waals surface area contributed by atoms with Crippen molar-refractivity contribution in [1.29, 1.82) is 0 Å². The molecule has 28 heavy (non-hydrogen) atoms. The maximum absolute atomic E-state index is 6.18. The van der Waals surface area contributed by atoms with Gasteiger partial charge in [0, 0.05) is 24.0 Å². The lowest BCUT2D eigenvalue weighted by Crippen LogP contribution is -2.02. The molecule has 0 aliphatic carbocycles. The molecule has 0 bridgehead atoms. The second-order valence-electron chi connectivity index (χ2n) is 6.10. The Morgan fingerprint density at radius 3 is 2.61 bits per heavy atom. The highest BCUT2D eigenvalue weighted by atomic mass is 35.5. The molecule has 2 aromatic heterocycles. The van der Waals surface area contributed by atoms with Crippen LogP contribution < -0.4 is 15.2 Å². The first-order valence-electron chi connectivity index (χ1n) is 8.56. The molecule has 4 aromatic rings. The molecule has 0 saturated carbocycles. The van der Waals surface area contributed by atoms with Crippen LogP contribution in [0.15, 0.2) is 61.2 Å². The van der Waals surface area contributed by atoms with Crippen LogP contribution in [0.25, 0.3) is 22.0 Å². The van der Waals surface area contributed by atoms with E-state index < -0.39 is 0 Å². The predicted molar refractivity (Wildman–Crippen MR) is 110 cm³/mol. The van der Waals surface area contributed by atoms with Gasteiger partial charge in [-0.25, -0.2) is 9.97 Å². The molecule has 0 unspecified atom stereocenters. The standard InChI is InChI=1S/C21H17ClN4O2/c1-27-16-8-17(28-11-13-5-3-2-4-6-13)18(14-7-15(22)10-24-9-14)20-19(16)21(23)26-12-25-20/h2-10,12H,11H2,1H3,(H2,23,25,26). The van der Waals surface area contributed by atoms with E-state index in [-0.39, 0.29) is 0 Å². The second-order valence-corrected chi connectivity index (χ2v) is 6.54. The van der Waals surface area contributed by atoms with E-state index in [1.165, 1.54) is 6.33 Å². The fourth-order valence-corrected chi connectivity index (χ4v) is 3.22. The lowest BCUT2D eigenvalue weighted by atomic mass is 10.0. The molecule has 2 heterocycles. The number of aromatic nitrogens is 3. The average molecular weight is 393 g/mol. The van der Waals surface area contributed by atoms with E-state index in [9.17, 15) is 0 Å². The molecule has 0 amide bonds. The monoisotopic (exact) mass is 392 g/mol. The summed E-state index contributed by atoms with van der Waals surface area (Å²) < 4.78 is 11.7. The highest BCUT2D eigenvalue weighted by Crippen LogP contribution is 2.43. The molecule has 2 aromatic carbocycles.